The maximum absolute atomic E-state index is 12.1. The molecule has 0 aromatic heterocycles. The van der Waals surface area contributed by atoms with Gasteiger partial charge in [-0.2, -0.15) is 0 Å². The molecular weight excluding hydrogens is 284 g/mol. The Morgan fingerprint density at radius 3 is 2.09 bits per heavy atom. The van der Waals surface area contributed by atoms with Crippen LogP contribution in [0.3, 0.4) is 0 Å². The zero-order valence-corrected chi connectivity index (χ0v) is 14.4. The zero-order chi connectivity index (χ0) is 17.1. The highest BCUT2D eigenvalue weighted by molar-refractivity contribution is 5.70. The molecule has 2 atom stereocenters. The number of amides is 2. The van der Waals surface area contributed by atoms with Crippen molar-refractivity contribution < 1.29 is 19.1 Å². The molecule has 0 radical (unpaired) electrons. The van der Waals surface area contributed by atoms with Crippen LogP contribution >= 0.6 is 0 Å². The van der Waals surface area contributed by atoms with Crippen LogP contribution in [0.15, 0.2) is 12.7 Å². The highest BCUT2D eigenvalue weighted by Crippen LogP contribution is 2.21. The second-order valence-electron chi connectivity index (χ2n) is 7.54. The van der Waals surface area contributed by atoms with Crippen molar-refractivity contribution in [2.75, 3.05) is 13.1 Å². The largest absolute Gasteiger partial charge is 0.444 e. The number of ether oxygens (including phenoxy) is 2. The Labute approximate surface area is 132 Å². The molecule has 6 nitrogen and oxygen atoms in total. The minimum atomic E-state index is -0.558. The summed E-state index contributed by atoms with van der Waals surface area (Å²) in [4.78, 5) is 25.6. The van der Waals surface area contributed by atoms with Crippen LogP contribution in [-0.2, 0) is 9.47 Å². The standard InChI is InChI=1S/C16H28N2O4/c1-8-11-9-18(14(20)22-16(5,6)7)10-12(11)17-13(19)21-15(2,3)4/h8,11-12H,1,9-10H2,2-7H3,(H,17,19)/t11-,12+/m0/s1. The Bertz CT molecular complexity index is 434. The second kappa shape index (κ2) is 6.58. The molecule has 1 rings (SSSR count). The third-order valence-corrected chi connectivity index (χ3v) is 3.02. The summed E-state index contributed by atoms with van der Waals surface area (Å²) in [5.74, 6) is -0.0277. The van der Waals surface area contributed by atoms with Crippen molar-refractivity contribution in [1.82, 2.24) is 10.2 Å². The number of carbonyl (C=O) groups excluding carboxylic acids is 2. The molecule has 22 heavy (non-hydrogen) atoms. The van der Waals surface area contributed by atoms with Gasteiger partial charge < -0.3 is 19.7 Å². The van der Waals surface area contributed by atoms with E-state index in [9.17, 15) is 9.59 Å². The van der Waals surface area contributed by atoms with Gasteiger partial charge in [-0.15, -0.1) is 6.58 Å². The maximum atomic E-state index is 12.1. The maximum Gasteiger partial charge on any atom is 0.410 e. The Morgan fingerprint density at radius 2 is 1.64 bits per heavy atom. The molecule has 1 aliphatic rings. The fourth-order valence-electron chi connectivity index (χ4n) is 2.16. The summed E-state index contributed by atoms with van der Waals surface area (Å²) in [6.07, 6.45) is 0.870. The highest BCUT2D eigenvalue weighted by Gasteiger charge is 2.37. The molecule has 1 fully saturated rings. The monoisotopic (exact) mass is 312 g/mol. The predicted molar refractivity (Wildman–Crippen MR) is 84.7 cm³/mol. The SMILES string of the molecule is C=C[C@H]1CN(C(=O)OC(C)(C)C)C[C@H]1NC(=O)OC(C)(C)C. The average Bonchev–Trinajstić information content (AvgIpc) is 2.67. The van der Waals surface area contributed by atoms with Crippen LogP contribution in [0.2, 0.25) is 0 Å². The van der Waals surface area contributed by atoms with E-state index in [1.807, 2.05) is 20.8 Å². The number of nitrogens with zero attached hydrogens (tertiary/aromatic N) is 1. The van der Waals surface area contributed by atoms with Crippen molar-refractivity contribution in [2.45, 2.75) is 58.8 Å². The topological polar surface area (TPSA) is 67.9 Å². The van der Waals surface area contributed by atoms with Crippen LogP contribution in [0, 0.1) is 5.92 Å². The van der Waals surface area contributed by atoms with Crippen LogP contribution in [0.1, 0.15) is 41.5 Å². The number of alkyl carbamates (subject to hydrolysis) is 1. The molecule has 0 unspecified atom stereocenters. The van der Waals surface area contributed by atoms with Gasteiger partial charge >= 0.3 is 12.2 Å². The molecule has 1 heterocycles. The van der Waals surface area contributed by atoms with E-state index >= 15 is 0 Å². The molecule has 0 saturated carbocycles. The van der Waals surface area contributed by atoms with Crippen LogP contribution in [-0.4, -0.2) is 47.4 Å². The molecule has 0 aromatic carbocycles. The molecular formula is C16H28N2O4. The molecule has 126 valence electrons. The number of carbonyl (C=O) groups is 2. The first-order chi connectivity index (χ1) is 9.91. The van der Waals surface area contributed by atoms with Gasteiger partial charge in [0.1, 0.15) is 11.2 Å². The fourth-order valence-corrected chi connectivity index (χ4v) is 2.16. The van der Waals surface area contributed by atoms with Gasteiger partial charge in [-0.25, -0.2) is 9.59 Å². The molecule has 1 aliphatic heterocycles. The van der Waals surface area contributed by atoms with Crippen molar-refractivity contribution in [1.29, 1.82) is 0 Å². The molecule has 1 N–H and O–H groups in total. The van der Waals surface area contributed by atoms with E-state index in [4.69, 9.17) is 9.47 Å². The Balaban J connectivity index is 2.64. The quantitative estimate of drug-likeness (QED) is 0.796. The molecule has 0 spiro atoms. The van der Waals surface area contributed by atoms with Gasteiger partial charge in [0, 0.05) is 19.0 Å². The first kappa shape index (κ1) is 18.3. The van der Waals surface area contributed by atoms with Gasteiger partial charge in [0.05, 0.1) is 6.04 Å². The summed E-state index contributed by atoms with van der Waals surface area (Å²) in [6.45, 7) is 15.5. The normalized spacial score (nSPS) is 22.2. The van der Waals surface area contributed by atoms with E-state index in [2.05, 4.69) is 11.9 Å². The molecule has 0 aromatic rings. The van der Waals surface area contributed by atoms with Gasteiger partial charge in [0.2, 0.25) is 0 Å². The van der Waals surface area contributed by atoms with Crippen LogP contribution < -0.4 is 5.32 Å². The number of likely N-dealkylation sites (tertiary alicyclic amines) is 1. The third kappa shape index (κ3) is 5.95. The van der Waals surface area contributed by atoms with Gasteiger partial charge in [-0.05, 0) is 41.5 Å². The van der Waals surface area contributed by atoms with Gasteiger partial charge in [0.15, 0.2) is 0 Å². The van der Waals surface area contributed by atoms with E-state index in [0.717, 1.165) is 0 Å². The number of rotatable bonds is 2. The molecule has 0 bridgehead atoms. The smallest absolute Gasteiger partial charge is 0.410 e. The van der Waals surface area contributed by atoms with E-state index in [0.29, 0.717) is 13.1 Å². The molecule has 6 heteroatoms. The predicted octanol–water partition coefficient (Wildman–Crippen LogP) is 2.93. The Hall–Kier alpha value is -1.72. The van der Waals surface area contributed by atoms with Crippen molar-refractivity contribution in [3.63, 3.8) is 0 Å². The lowest BCUT2D eigenvalue weighted by Crippen LogP contribution is -2.43. The lowest BCUT2D eigenvalue weighted by Gasteiger charge is -2.25. The summed E-state index contributed by atoms with van der Waals surface area (Å²) < 4.78 is 10.6. The summed E-state index contributed by atoms with van der Waals surface area (Å²) in [6, 6.07) is -0.222. The highest BCUT2D eigenvalue weighted by atomic mass is 16.6. The zero-order valence-electron chi connectivity index (χ0n) is 14.4. The number of hydrogen-bond donors (Lipinski definition) is 1. The lowest BCUT2D eigenvalue weighted by molar-refractivity contribution is 0.0280. The van der Waals surface area contributed by atoms with Crippen molar-refractivity contribution in [3.8, 4) is 0 Å². The summed E-state index contributed by atoms with van der Waals surface area (Å²) >= 11 is 0. The second-order valence-corrected chi connectivity index (χ2v) is 7.54. The fraction of sp³-hybridized carbons (Fsp3) is 0.750. The first-order valence-electron chi connectivity index (χ1n) is 7.51. The van der Waals surface area contributed by atoms with Crippen molar-refractivity contribution in [2.24, 2.45) is 5.92 Å². The van der Waals surface area contributed by atoms with Gasteiger partial charge in [-0.3, -0.25) is 0 Å². The van der Waals surface area contributed by atoms with Gasteiger partial charge in [-0.1, -0.05) is 6.08 Å². The lowest BCUT2D eigenvalue weighted by atomic mass is 10.0. The summed E-state index contributed by atoms with van der Waals surface area (Å²) in [5, 5.41) is 2.80. The summed E-state index contributed by atoms with van der Waals surface area (Å²) in [5.41, 5.74) is -1.10. The minimum absolute atomic E-state index is 0.0277. The van der Waals surface area contributed by atoms with Crippen molar-refractivity contribution >= 4 is 12.2 Å². The van der Waals surface area contributed by atoms with E-state index in [1.54, 1.807) is 31.7 Å². The van der Waals surface area contributed by atoms with Crippen molar-refractivity contribution in [3.05, 3.63) is 12.7 Å². The Kier molecular flexibility index (Phi) is 5.49. The Morgan fingerprint density at radius 1 is 1.09 bits per heavy atom. The van der Waals surface area contributed by atoms with Gasteiger partial charge in [0.25, 0.3) is 0 Å². The minimum Gasteiger partial charge on any atom is -0.444 e. The average molecular weight is 312 g/mol. The van der Waals surface area contributed by atoms with Crippen LogP contribution in [0.25, 0.3) is 0 Å². The first-order valence-corrected chi connectivity index (χ1v) is 7.51. The van der Waals surface area contributed by atoms with Crippen LogP contribution in [0.4, 0.5) is 9.59 Å². The van der Waals surface area contributed by atoms with E-state index < -0.39 is 17.3 Å². The molecule has 2 amide bonds. The molecule has 1 saturated heterocycles. The number of nitrogens with one attached hydrogen (secondary N) is 1. The van der Waals surface area contributed by atoms with Crippen LogP contribution in [0.5, 0.6) is 0 Å². The molecule has 0 aliphatic carbocycles. The number of hydrogen-bond acceptors (Lipinski definition) is 4. The third-order valence-electron chi connectivity index (χ3n) is 3.02. The summed E-state index contributed by atoms with van der Waals surface area (Å²) in [7, 11) is 0. The van der Waals surface area contributed by atoms with E-state index in [-0.39, 0.29) is 18.1 Å². The van der Waals surface area contributed by atoms with E-state index in [1.165, 1.54) is 0 Å².